The monoisotopic (exact) mass is 336 g/mol. The molecular formula is C16H20N2O4S. The van der Waals surface area contributed by atoms with Crippen LogP contribution in [0.25, 0.3) is 0 Å². The van der Waals surface area contributed by atoms with E-state index in [9.17, 15) is 14.7 Å². The smallest absolute Gasteiger partial charge is 0.326 e. The summed E-state index contributed by atoms with van der Waals surface area (Å²) in [6, 6.07) is -0.678. The molecule has 1 aliphatic carbocycles. The molecule has 3 aliphatic rings. The van der Waals surface area contributed by atoms with Crippen molar-refractivity contribution in [3.8, 4) is 0 Å². The van der Waals surface area contributed by atoms with E-state index in [-0.39, 0.29) is 17.9 Å². The van der Waals surface area contributed by atoms with Crippen LogP contribution in [0, 0.1) is 11.8 Å². The zero-order chi connectivity index (χ0) is 16.0. The Hall–Kier alpha value is -1.47. The number of nitrogens with zero attached hydrogens (tertiary/aromatic N) is 2. The van der Waals surface area contributed by atoms with Gasteiger partial charge in [-0.15, -0.1) is 11.3 Å². The van der Waals surface area contributed by atoms with E-state index in [0.29, 0.717) is 17.3 Å². The lowest BCUT2D eigenvalue weighted by molar-refractivity contribution is -0.142. The summed E-state index contributed by atoms with van der Waals surface area (Å²) < 4.78 is 5.61. The average Bonchev–Trinajstić information content (AvgIpc) is 3.26. The fourth-order valence-corrected chi connectivity index (χ4v) is 5.24. The van der Waals surface area contributed by atoms with Crippen LogP contribution >= 0.6 is 11.3 Å². The number of carbonyl (C=O) groups excluding carboxylic acids is 1. The predicted octanol–water partition coefficient (Wildman–Crippen LogP) is 2.32. The zero-order valence-corrected chi connectivity index (χ0v) is 13.6. The molecule has 0 aromatic carbocycles. The van der Waals surface area contributed by atoms with Gasteiger partial charge in [-0.3, -0.25) is 4.79 Å². The first-order valence-corrected chi connectivity index (χ1v) is 9.08. The first-order valence-electron chi connectivity index (χ1n) is 8.26. The highest BCUT2D eigenvalue weighted by Gasteiger charge is 2.49. The van der Waals surface area contributed by atoms with E-state index in [2.05, 4.69) is 4.98 Å². The normalized spacial score (nSPS) is 33.1. The molecule has 0 radical (unpaired) electrons. The number of hydrogen-bond acceptors (Lipinski definition) is 5. The quantitative estimate of drug-likeness (QED) is 0.916. The Morgan fingerprint density at radius 3 is 2.91 bits per heavy atom. The molecule has 1 aromatic heterocycles. The molecule has 1 amide bonds. The van der Waals surface area contributed by atoms with Gasteiger partial charge in [-0.2, -0.15) is 0 Å². The lowest BCUT2D eigenvalue weighted by atomic mass is 9.94. The summed E-state index contributed by atoms with van der Waals surface area (Å²) in [5.74, 6) is -0.613. The second-order valence-corrected chi connectivity index (χ2v) is 7.72. The van der Waals surface area contributed by atoms with E-state index in [1.54, 1.807) is 11.1 Å². The fraction of sp³-hybridized carbons (Fsp3) is 0.688. The van der Waals surface area contributed by atoms with Crippen molar-refractivity contribution in [3.05, 3.63) is 16.1 Å². The van der Waals surface area contributed by atoms with Crippen molar-refractivity contribution in [2.75, 3.05) is 13.2 Å². The maximum atomic E-state index is 12.8. The summed E-state index contributed by atoms with van der Waals surface area (Å²) >= 11 is 1.35. The van der Waals surface area contributed by atoms with Crippen LogP contribution in [0.15, 0.2) is 6.20 Å². The second kappa shape index (κ2) is 5.87. The van der Waals surface area contributed by atoms with Gasteiger partial charge in [0.25, 0.3) is 5.91 Å². The Bertz CT molecular complexity index is 625. The molecule has 3 fully saturated rings. The van der Waals surface area contributed by atoms with Gasteiger partial charge >= 0.3 is 5.97 Å². The van der Waals surface area contributed by atoms with Crippen molar-refractivity contribution in [2.45, 2.75) is 44.2 Å². The second-order valence-electron chi connectivity index (χ2n) is 6.66. The Balaban J connectivity index is 1.55. The molecule has 23 heavy (non-hydrogen) atoms. The van der Waals surface area contributed by atoms with E-state index in [4.69, 9.17) is 4.74 Å². The highest BCUT2D eigenvalue weighted by Crippen LogP contribution is 2.43. The van der Waals surface area contributed by atoms with Crippen LogP contribution in [-0.2, 0) is 9.53 Å². The number of carbonyl (C=O) groups is 2. The summed E-state index contributed by atoms with van der Waals surface area (Å²) in [7, 11) is 0. The number of rotatable bonds is 3. The maximum Gasteiger partial charge on any atom is 0.326 e. The number of hydrogen-bond donors (Lipinski definition) is 1. The Morgan fingerprint density at radius 2 is 2.17 bits per heavy atom. The summed E-state index contributed by atoms with van der Waals surface area (Å²) in [5.41, 5.74) is 0. The molecule has 124 valence electrons. The number of thiazole rings is 1. The largest absolute Gasteiger partial charge is 0.480 e. The third-order valence-electron chi connectivity index (χ3n) is 5.34. The molecule has 1 aromatic rings. The van der Waals surface area contributed by atoms with Gasteiger partial charge in [-0.1, -0.05) is 6.42 Å². The molecule has 1 saturated carbocycles. The number of likely N-dealkylation sites (tertiary alicyclic amines) is 1. The summed E-state index contributed by atoms with van der Waals surface area (Å²) in [6.07, 6.45) is 6.55. The molecule has 2 saturated heterocycles. The van der Waals surface area contributed by atoms with E-state index in [1.165, 1.54) is 11.3 Å². The van der Waals surface area contributed by atoms with Crippen molar-refractivity contribution in [2.24, 2.45) is 11.8 Å². The standard InChI is InChI=1S/C16H20N2O4S/c19-15(12-7-17-14(23-12)11-5-2-6-22-11)18-8-9-3-1-4-10(9)13(18)16(20)21/h7,9-11,13H,1-6,8H2,(H,20,21). The summed E-state index contributed by atoms with van der Waals surface area (Å²) in [6.45, 7) is 1.30. The fourth-order valence-electron chi connectivity index (χ4n) is 4.28. The van der Waals surface area contributed by atoms with Crippen LogP contribution in [-0.4, -0.2) is 46.1 Å². The lowest BCUT2D eigenvalue weighted by Crippen LogP contribution is -2.43. The number of amides is 1. The van der Waals surface area contributed by atoms with Crippen molar-refractivity contribution >= 4 is 23.2 Å². The molecule has 3 heterocycles. The van der Waals surface area contributed by atoms with E-state index >= 15 is 0 Å². The number of carboxylic acid groups (broad SMARTS) is 1. The third kappa shape index (κ3) is 2.55. The first kappa shape index (κ1) is 15.1. The summed E-state index contributed by atoms with van der Waals surface area (Å²) in [4.78, 5) is 30.9. The van der Waals surface area contributed by atoms with Gasteiger partial charge in [0.1, 0.15) is 22.0 Å². The minimum absolute atomic E-state index is 0.00483. The molecule has 4 rings (SSSR count). The molecule has 0 spiro atoms. The highest BCUT2D eigenvalue weighted by atomic mass is 32.1. The van der Waals surface area contributed by atoms with Crippen LogP contribution in [0.2, 0.25) is 0 Å². The molecule has 4 atom stereocenters. The lowest BCUT2D eigenvalue weighted by Gasteiger charge is -2.23. The highest BCUT2D eigenvalue weighted by molar-refractivity contribution is 7.13. The SMILES string of the molecule is O=C(O)C1C2CCCC2CN1C(=O)c1cnc(C2CCCO2)s1. The minimum Gasteiger partial charge on any atom is -0.480 e. The Labute approximate surface area is 138 Å². The Morgan fingerprint density at radius 1 is 1.30 bits per heavy atom. The minimum atomic E-state index is -0.878. The third-order valence-corrected chi connectivity index (χ3v) is 6.42. The first-order chi connectivity index (χ1) is 11.1. The van der Waals surface area contributed by atoms with Crippen molar-refractivity contribution in [1.82, 2.24) is 9.88 Å². The van der Waals surface area contributed by atoms with Crippen LogP contribution < -0.4 is 0 Å². The number of carboxylic acids is 1. The van der Waals surface area contributed by atoms with Gasteiger partial charge in [-0.05, 0) is 37.5 Å². The van der Waals surface area contributed by atoms with Crippen molar-refractivity contribution < 1.29 is 19.4 Å². The molecular weight excluding hydrogens is 316 g/mol. The van der Waals surface area contributed by atoms with E-state index in [0.717, 1.165) is 43.7 Å². The molecule has 4 unspecified atom stereocenters. The van der Waals surface area contributed by atoms with Crippen LogP contribution in [0.1, 0.15) is 52.9 Å². The number of aliphatic carboxylic acids is 1. The van der Waals surface area contributed by atoms with Gasteiger partial charge in [0.05, 0.1) is 6.20 Å². The predicted molar refractivity (Wildman–Crippen MR) is 83.3 cm³/mol. The van der Waals surface area contributed by atoms with Crippen LogP contribution in [0.4, 0.5) is 0 Å². The van der Waals surface area contributed by atoms with Crippen LogP contribution in [0.5, 0.6) is 0 Å². The maximum absolute atomic E-state index is 12.8. The molecule has 2 aliphatic heterocycles. The summed E-state index contributed by atoms with van der Waals surface area (Å²) in [5, 5.41) is 10.4. The van der Waals surface area contributed by atoms with E-state index < -0.39 is 12.0 Å². The van der Waals surface area contributed by atoms with Gasteiger partial charge in [-0.25, -0.2) is 9.78 Å². The molecule has 0 bridgehead atoms. The molecule has 6 nitrogen and oxygen atoms in total. The van der Waals surface area contributed by atoms with Crippen molar-refractivity contribution in [3.63, 3.8) is 0 Å². The van der Waals surface area contributed by atoms with Crippen LogP contribution in [0.3, 0.4) is 0 Å². The van der Waals surface area contributed by atoms with Gasteiger partial charge in [0.2, 0.25) is 0 Å². The number of ether oxygens (including phenoxy) is 1. The number of fused-ring (bicyclic) bond motifs is 1. The molecule has 1 N–H and O–H groups in total. The van der Waals surface area contributed by atoms with Crippen molar-refractivity contribution in [1.29, 1.82) is 0 Å². The average molecular weight is 336 g/mol. The topological polar surface area (TPSA) is 79.7 Å². The molecule has 7 heteroatoms. The van der Waals surface area contributed by atoms with E-state index in [1.807, 2.05) is 0 Å². The van der Waals surface area contributed by atoms with Gasteiger partial charge in [0, 0.05) is 13.2 Å². The van der Waals surface area contributed by atoms with Gasteiger partial charge < -0.3 is 14.7 Å². The van der Waals surface area contributed by atoms with Gasteiger partial charge in [0.15, 0.2) is 0 Å². The Kier molecular flexibility index (Phi) is 3.85. The number of aromatic nitrogens is 1. The zero-order valence-electron chi connectivity index (χ0n) is 12.8.